The molecular formula is C10H11Br2N. The predicted octanol–water partition coefficient (Wildman–Crippen LogP) is 3.64. The molecule has 1 aromatic carbocycles. The van der Waals surface area contributed by atoms with Crippen molar-refractivity contribution in [1.29, 1.82) is 0 Å². The maximum atomic E-state index is 3.58. The van der Waals surface area contributed by atoms with E-state index in [4.69, 9.17) is 0 Å². The molecule has 0 unspecified atom stereocenters. The minimum Gasteiger partial charge on any atom is -0.310 e. The maximum Gasteiger partial charge on any atom is 0.0332 e. The van der Waals surface area contributed by atoms with E-state index in [1.807, 2.05) is 0 Å². The van der Waals surface area contributed by atoms with Gasteiger partial charge in [0.2, 0.25) is 0 Å². The summed E-state index contributed by atoms with van der Waals surface area (Å²) in [5.41, 5.74) is 1.37. The fourth-order valence-electron chi connectivity index (χ4n) is 1.73. The Labute approximate surface area is 95.2 Å². The molecule has 13 heavy (non-hydrogen) atoms. The van der Waals surface area contributed by atoms with E-state index < -0.39 is 0 Å². The maximum absolute atomic E-state index is 3.58. The Kier molecular flexibility index (Phi) is 3.06. The van der Waals surface area contributed by atoms with Gasteiger partial charge in [0.15, 0.2) is 0 Å². The van der Waals surface area contributed by atoms with Crippen LogP contribution in [0.2, 0.25) is 0 Å². The number of hydrogen-bond acceptors (Lipinski definition) is 1. The highest BCUT2D eigenvalue weighted by Crippen LogP contribution is 2.31. The van der Waals surface area contributed by atoms with E-state index in [0.29, 0.717) is 6.04 Å². The van der Waals surface area contributed by atoms with Gasteiger partial charge in [-0.3, -0.25) is 0 Å². The second kappa shape index (κ2) is 4.11. The van der Waals surface area contributed by atoms with Gasteiger partial charge in [-0.25, -0.2) is 0 Å². The zero-order chi connectivity index (χ0) is 9.26. The molecule has 3 heteroatoms. The predicted molar refractivity (Wildman–Crippen MR) is 61.8 cm³/mol. The van der Waals surface area contributed by atoms with Gasteiger partial charge < -0.3 is 5.32 Å². The van der Waals surface area contributed by atoms with Gasteiger partial charge in [0.1, 0.15) is 0 Å². The van der Waals surface area contributed by atoms with Crippen LogP contribution in [0.25, 0.3) is 0 Å². The van der Waals surface area contributed by atoms with Crippen molar-refractivity contribution in [3.05, 3.63) is 32.7 Å². The van der Waals surface area contributed by atoms with Crippen molar-refractivity contribution in [1.82, 2.24) is 5.32 Å². The van der Waals surface area contributed by atoms with Crippen LogP contribution in [0.15, 0.2) is 27.1 Å². The van der Waals surface area contributed by atoms with Gasteiger partial charge in [-0.05, 0) is 43.1 Å². The summed E-state index contributed by atoms with van der Waals surface area (Å²) in [7, 11) is 0. The smallest absolute Gasteiger partial charge is 0.0332 e. The Balaban J connectivity index is 2.32. The van der Waals surface area contributed by atoms with Crippen LogP contribution in [0.5, 0.6) is 0 Å². The van der Waals surface area contributed by atoms with Gasteiger partial charge in [0.05, 0.1) is 0 Å². The number of halogens is 2. The van der Waals surface area contributed by atoms with E-state index in [1.54, 1.807) is 0 Å². The first-order valence-electron chi connectivity index (χ1n) is 4.46. The lowest BCUT2D eigenvalue weighted by atomic mass is 10.1. The van der Waals surface area contributed by atoms with Crippen molar-refractivity contribution in [3.63, 3.8) is 0 Å². The zero-order valence-electron chi connectivity index (χ0n) is 7.19. The van der Waals surface area contributed by atoms with Crippen molar-refractivity contribution in [2.75, 3.05) is 6.54 Å². The first kappa shape index (κ1) is 9.69. The summed E-state index contributed by atoms with van der Waals surface area (Å²) >= 11 is 7.07. The largest absolute Gasteiger partial charge is 0.310 e. The molecule has 2 rings (SSSR count). The van der Waals surface area contributed by atoms with Crippen molar-refractivity contribution in [3.8, 4) is 0 Å². The topological polar surface area (TPSA) is 12.0 Å². The van der Waals surface area contributed by atoms with E-state index in [0.717, 1.165) is 11.0 Å². The lowest BCUT2D eigenvalue weighted by Crippen LogP contribution is -2.13. The van der Waals surface area contributed by atoms with Crippen LogP contribution in [-0.2, 0) is 0 Å². The highest BCUT2D eigenvalue weighted by Gasteiger charge is 2.18. The molecule has 0 bridgehead atoms. The molecule has 0 radical (unpaired) electrons. The summed E-state index contributed by atoms with van der Waals surface area (Å²) in [6, 6.07) is 6.88. The summed E-state index contributed by atoms with van der Waals surface area (Å²) in [5.74, 6) is 0. The molecule has 0 spiro atoms. The van der Waals surface area contributed by atoms with Gasteiger partial charge in [-0.1, -0.05) is 31.9 Å². The molecule has 0 amide bonds. The van der Waals surface area contributed by atoms with Crippen LogP contribution >= 0.6 is 31.9 Å². The molecule has 1 aliphatic heterocycles. The molecule has 0 aromatic heterocycles. The van der Waals surface area contributed by atoms with Crippen LogP contribution in [0.1, 0.15) is 24.4 Å². The van der Waals surface area contributed by atoms with Crippen molar-refractivity contribution in [2.45, 2.75) is 18.9 Å². The lowest BCUT2D eigenvalue weighted by Gasteiger charge is -2.12. The van der Waals surface area contributed by atoms with Crippen LogP contribution in [0.4, 0.5) is 0 Å². The van der Waals surface area contributed by atoms with E-state index in [-0.39, 0.29) is 0 Å². The molecule has 1 saturated heterocycles. The Bertz CT molecular complexity index is 306. The summed E-state index contributed by atoms with van der Waals surface area (Å²) in [6.45, 7) is 1.14. The summed E-state index contributed by atoms with van der Waals surface area (Å²) in [4.78, 5) is 0. The minimum atomic E-state index is 0.534. The third kappa shape index (κ3) is 2.14. The molecule has 0 saturated carbocycles. The molecule has 1 aliphatic rings. The molecule has 1 fully saturated rings. The van der Waals surface area contributed by atoms with Crippen LogP contribution < -0.4 is 5.32 Å². The van der Waals surface area contributed by atoms with Crippen LogP contribution in [-0.4, -0.2) is 6.54 Å². The van der Waals surface area contributed by atoms with Gasteiger partial charge >= 0.3 is 0 Å². The average Bonchev–Trinajstić information content (AvgIpc) is 2.61. The van der Waals surface area contributed by atoms with E-state index in [1.165, 1.54) is 22.9 Å². The SMILES string of the molecule is Brc1ccc(Br)c([C@@H]2CCCN2)c1. The summed E-state index contributed by atoms with van der Waals surface area (Å²) in [6.07, 6.45) is 2.53. The molecule has 1 heterocycles. The van der Waals surface area contributed by atoms with Crippen LogP contribution in [0, 0.1) is 0 Å². The lowest BCUT2D eigenvalue weighted by molar-refractivity contribution is 0.644. The van der Waals surface area contributed by atoms with E-state index in [2.05, 4.69) is 55.4 Å². The number of benzene rings is 1. The molecule has 1 N–H and O–H groups in total. The monoisotopic (exact) mass is 303 g/mol. The Hall–Kier alpha value is 0.140. The van der Waals surface area contributed by atoms with E-state index >= 15 is 0 Å². The molecular weight excluding hydrogens is 294 g/mol. The van der Waals surface area contributed by atoms with Gasteiger partial charge in [0.25, 0.3) is 0 Å². The molecule has 1 aromatic rings. The first-order chi connectivity index (χ1) is 6.27. The minimum absolute atomic E-state index is 0.534. The van der Waals surface area contributed by atoms with E-state index in [9.17, 15) is 0 Å². The fraction of sp³-hybridized carbons (Fsp3) is 0.400. The third-order valence-electron chi connectivity index (χ3n) is 2.39. The second-order valence-corrected chi connectivity index (χ2v) is 5.08. The normalized spacial score (nSPS) is 22.2. The Morgan fingerprint density at radius 1 is 1.31 bits per heavy atom. The highest BCUT2D eigenvalue weighted by atomic mass is 79.9. The second-order valence-electron chi connectivity index (χ2n) is 3.31. The number of nitrogens with one attached hydrogen (secondary N) is 1. The Morgan fingerprint density at radius 3 is 2.85 bits per heavy atom. The number of hydrogen-bond donors (Lipinski definition) is 1. The van der Waals surface area contributed by atoms with Gasteiger partial charge in [-0.15, -0.1) is 0 Å². The third-order valence-corrected chi connectivity index (χ3v) is 3.61. The summed E-state index contributed by atoms with van der Waals surface area (Å²) in [5, 5.41) is 3.49. The summed E-state index contributed by atoms with van der Waals surface area (Å²) < 4.78 is 2.36. The zero-order valence-corrected chi connectivity index (χ0v) is 10.4. The van der Waals surface area contributed by atoms with Gasteiger partial charge in [0, 0.05) is 15.0 Å². The van der Waals surface area contributed by atoms with Crippen molar-refractivity contribution >= 4 is 31.9 Å². The molecule has 1 nitrogen and oxygen atoms in total. The average molecular weight is 305 g/mol. The molecule has 1 atom stereocenters. The standard InChI is InChI=1S/C10H11Br2N/c11-7-3-4-9(12)8(6-7)10-2-1-5-13-10/h3-4,6,10,13H,1-2,5H2/t10-/m0/s1. The number of rotatable bonds is 1. The van der Waals surface area contributed by atoms with Gasteiger partial charge in [-0.2, -0.15) is 0 Å². The van der Waals surface area contributed by atoms with Crippen molar-refractivity contribution in [2.24, 2.45) is 0 Å². The molecule has 0 aliphatic carbocycles. The molecule has 70 valence electrons. The quantitative estimate of drug-likeness (QED) is 0.835. The Morgan fingerprint density at radius 2 is 2.15 bits per heavy atom. The van der Waals surface area contributed by atoms with Crippen molar-refractivity contribution < 1.29 is 0 Å². The fourth-order valence-corrected chi connectivity index (χ4v) is 2.63. The first-order valence-corrected chi connectivity index (χ1v) is 6.04. The van der Waals surface area contributed by atoms with Crippen LogP contribution in [0.3, 0.4) is 0 Å². The highest BCUT2D eigenvalue weighted by molar-refractivity contribution is 9.11.